The van der Waals surface area contributed by atoms with Crippen LogP contribution in [0.5, 0.6) is 5.75 Å². The number of aromatic hydroxyl groups is 1. The molecule has 0 saturated heterocycles. The van der Waals surface area contributed by atoms with Gasteiger partial charge < -0.3 is 16.2 Å². The first-order valence-electron chi connectivity index (χ1n) is 5.27. The molecule has 18 heavy (non-hydrogen) atoms. The molecule has 1 heterocycles. The summed E-state index contributed by atoms with van der Waals surface area (Å²) >= 11 is 1.10. The number of amides is 1. The Morgan fingerprint density at radius 3 is 2.78 bits per heavy atom. The first-order chi connectivity index (χ1) is 8.65. The number of hydrogen-bond acceptors (Lipinski definition) is 6. The molecule has 0 radical (unpaired) electrons. The molecule has 2 rings (SSSR count). The van der Waals surface area contributed by atoms with Crippen molar-refractivity contribution in [3.63, 3.8) is 0 Å². The predicted octanol–water partition coefficient (Wildman–Crippen LogP) is 0.752. The fraction of sp³-hybridized carbons (Fsp3) is 0.182. The molecule has 0 aliphatic rings. The molecular weight excluding hydrogens is 252 g/mol. The van der Waals surface area contributed by atoms with Crippen molar-refractivity contribution in [1.29, 1.82) is 0 Å². The molecule has 0 fully saturated rings. The van der Waals surface area contributed by atoms with E-state index in [1.807, 2.05) is 0 Å². The minimum Gasteiger partial charge on any atom is -0.508 e. The molecule has 0 bridgehead atoms. The Kier molecular flexibility index (Phi) is 3.85. The number of nitrogens with two attached hydrogens (primary N) is 1. The van der Waals surface area contributed by atoms with E-state index in [9.17, 15) is 4.79 Å². The van der Waals surface area contributed by atoms with Gasteiger partial charge in [-0.25, -0.2) is 0 Å². The molecule has 2 aromatic rings. The number of nitrogens with one attached hydrogen (secondary N) is 1. The molecule has 1 atom stereocenters. The number of rotatable bonds is 4. The summed E-state index contributed by atoms with van der Waals surface area (Å²) in [7, 11) is 0. The third-order valence-electron chi connectivity index (χ3n) is 2.34. The lowest BCUT2D eigenvalue weighted by Gasteiger charge is -2.10. The van der Waals surface area contributed by atoms with Crippen molar-refractivity contribution in [3.8, 4) is 5.75 Å². The summed E-state index contributed by atoms with van der Waals surface area (Å²) in [6, 6.07) is 5.93. The molecule has 0 saturated carbocycles. The number of aromatic nitrogens is 2. The van der Waals surface area contributed by atoms with Gasteiger partial charge in [0.25, 0.3) is 0 Å². The summed E-state index contributed by atoms with van der Waals surface area (Å²) in [6.45, 7) is 0. The SMILES string of the molecule is N[C@H](Cc1ccc(O)cc1)C(=O)Nc1cnns1. The number of carbonyl (C=O) groups excluding carboxylic acids is 1. The highest BCUT2D eigenvalue weighted by Crippen LogP contribution is 2.12. The van der Waals surface area contributed by atoms with Crippen LogP contribution in [0.25, 0.3) is 0 Å². The Morgan fingerprint density at radius 2 is 2.17 bits per heavy atom. The second-order valence-corrected chi connectivity index (χ2v) is 4.53. The first kappa shape index (κ1) is 12.5. The van der Waals surface area contributed by atoms with Crippen LogP contribution in [0, 0.1) is 0 Å². The van der Waals surface area contributed by atoms with Gasteiger partial charge in [0.15, 0.2) is 0 Å². The maximum atomic E-state index is 11.7. The summed E-state index contributed by atoms with van der Waals surface area (Å²) in [5.74, 6) is -0.0957. The van der Waals surface area contributed by atoms with Gasteiger partial charge in [0.2, 0.25) is 5.91 Å². The van der Waals surface area contributed by atoms with E-state index in [0.717, 1.165) is 17.1 Å². The molecule has 0 spiro atoms. The van der Waals surface area contributed by atoms with Gasteiger partial charge in [0.05, 0.1) is 12.2 Å². The highest BCUT2D eigenvalue weighted by molar-refractivity contribution is 7.10. The van der Waals surface area contributed by atoms with Gasteiger partial charge in [-0.15, -0.1) is 5.10 Å². The fourth-order valence-corrected chi connectivity index (χ4v) is 1.84. The average molecular weight is 264 g/mol. The molecule has 1 aromatic heterocycles. The molecule has 0 unspecified atom stereocenters. The minimum atomic E-state index is -0.656. The fourth-order valence-electron chi connectivity index (χ4n) is 1.42. The summed E-state index contributed by atoms with van der Waals surface area (Å²) in [4.78, 5) is 11.7. The molecule has 94 valence electrons. The second kappa shape index (κ2) is 5.56. The van der Waals surface area contributed by atoms with Crippen LogP contribution < -0.4 is 11.1 Å². The molecule has 4 N–H and O–H groups in total. The van der Waals surface area contributed by atoms with Crippen LogP contribution in [0.3, 0.4) is 0 Å². The van der Waals surface area contributed by atoms with Gasteiger partial charge in [-0.05, 0) is 24.1 Å². The van der Waals surface area contributed by atoms with Crippen molar-refractivity contribution in [3.05, 3.63) is 36.0 Å². The first-order valence-corrected chi connectivity index (χ1v) is 6.04. The predicted molar refractivity (Wildman–Crippen MR) is 68.3 cm³/mol. The molecule has 1 amide bonds. The van der Waals surface area contributed by atoms with Gasteiger partial charge in [0.1, 0.15) is 10.8 Å². The van der Waals surface area contributed by atoms with E-state index in [2.05, 4.69) is 14.9 Å². The van der Waals surface area contributed by atoms with E-state index in [0.29, 0.717) is 11.4 Å². The highest BCUT2D eigenvalue weighted by atomic mass is 32.1. The monoisotopic (exact) mass is 264 g/mol. The van der Waals surface area contributed by atoms with E-state index >= 15 is 0 Å². The standard InChI is InChI=1S/C11H12N4O2S/c12-9(5-7-1-3-8(16)4-2-7)11(17)14-10-6-13-15-18-10/h1-4,6,9,16H,5,12H2,(H,14,17)/t9-/m1/s1. The second-order valence-electron chi connectivity index (χ2n) is 3.75. The summed E-state index contributed by atoms with van der Waals surface area (Å²) in [5, 5.41) is 16.0. The van der Waals surface area contributed by atoms with Crippen molar-refractivity contribution < 1.29 is 9.90 Å². The summed E-state index contributed by atoms with van der Waals surface area (Å²) in [6.07, 6.45) is 1.87. The van der Waals surface area contributed by atoms with Crippen LogP contribution in [0.15, 0.2) is 30.5 Å². The smallest absolute Gasteiger partial charge is 0.242 e. The molecule has 6 nitrogen and oxygen atoms in total. The Morgan fingerprint density at radius 1 is 1.44 bits per heavy atom. The van der Waals surface area contributed by atoms with Crippen LogP contribution in [-0.2, 0) is 11.2 Å². The van der Waals surface area contributed by atoms with Gasteiger partial charge in [-0.1, -0.05) is 16.6 Å². The van der Waals surface area contributed by atoms with Crippen LogP contribution in [0.2, 0.25) is 0 Å². The van der Waals surface area contributed by atoms with Crippen molar-refractivity contribution in [1.82, 2.24) is 9.59 Å². The lowest BCUT2D eigenvalue weighted by atomic mass is 10.1. The van der Waals surface area contributed by atoms with Crippen LogP contribution in [-0.4, -0.2) is 26.6 Å². The zero-order chi connectivity index (χ0) is 13.0. The molecule has 1 aromatic carbocycles. The van der Waals surface area contributed by atoms with Gasteiger partial charge in [-0.2, -0.15) is 0 Å². The maximum absolute atomic E-state index is 11.7. The van der Waals surface area contributed by atoms with Crippen molar-refractivity contribution in [2.45, 2.75) is 12.5 Å². The van der Waals surface area contributed by atoms with Crippen molar-refractivity contribution in [2.75, 3.05) is 5.32 Å². The maximum Gasteiger partial charge on any atom is 0.242 e. The molecular formula is C11H12N4O2S. The van der Waals surface area contributed by atoms with Crippen molar-refractivity contribution >= 4 is 22.4 Å². The molecule has 0 aliphatic heterocycles. The number of anilines is 1. The van der Waals surface area contributed by atoms with Crippen LogP contribution >= 0.6 is 11.5 Å². The van der Waals surface area contributed by atoms with Crippen molar-refractivity contribution in [2.24, 2.45) is 5.73 Å². The average Bonchev–Trinajstić information content (AvgIpc) is 2.85. The number of phenolic OH excluding ortho intramolecular Hbond substituents is 1. The number of phenols is 1. The third-order valence-corrected chi connectivity index (χ3v) is 2.92. The Hall–Kier alpha value is -1.99. The van der Waals surface area contributed by atoms with Gasteiger partial charge in [0, 0.05) is 11.5 Å². The zero-order valence-corrected chi connectivity index (χ0v) is 10.2. The Bertz CT molecular complexity index is 512. The lowest BCUT2D eigenvalue weighted by molar-refractivity contribution is -0.117. The number of hydrogen-bond donors (Lipinski definition) is 3. The van der Waals surface area contributed by atoms with Crippen LogP contribution in [0.1, 0.15) is 5.56 Å². The highest BCUT2D eigenvalue weighted by Gasteiger charge is 2.15. The van der Waals surface area contributed by atoms with E-state index in [-0.39, 0.29) is 11.7 Å². The van der Waals surface area contributed by atoms with E-state index in [1.54, 1.807) is 24.3 Å². The van der Waals surface area contributed by atoms with Gasteiger partial charge in [-0.3, -0.25) is 4.79 Å². The summed E-state index contributed by atoms with van der Waals surface area (Å²) in [5.41, 5.74) is 6.68. The van der Waals surface area contributed by atoms with Crippen LogP contribution in [0.4, 0.5) is 5.00 Å². The number of carbonyl (C=O) groups is 1. The minimum absolute atomic E-state index is 0.188. The third kappa shape index (κ3) is 3.25. The lowest BCUT2D eigenvalue weighted by Crippen LogP contribution is -2.37. The largest absolute Gasteiger partial charge is 0.508 e. The topological polar surface area (TPSA) is 101 Å². The van der Waals surface area contributed by atoms with E-state index < -0.39 is 6.04 Å². The van der Waals surface area contributed by atoms with E-state index in [1.165, 1.54) is 6.20 Å². The van der Waals surface area contributed by atoms with Gasteiger partial charge >= 0.3 is 0 Å². The summed E-state index contributed by atoms with van der Waals surface area (Å²) < 4.78 is 3.64. The Balaban J connectivity index is 1.93. The zero-order valence-electron chi connectivity index (χ0n) is 9.41. The molecule has 0 aliphatic carbocycles. The Labute approximate surface area is 108 Å². The molecule has 7 heteroatoms. The number of nitrogens with zero attached hydrogens (tertiary/aromatic N) is 2. The quantitative estimate of drug-likeness (QED) is 0.756. The normalized spacial score (nSPS) is 12.1. The van der Waals surface area contributed by atoms with E-state index in [4.69, 9.17) is 10.8 Å². The number of benzene rings is 1.